The summed E-state index contributed by atoms with van der Waals surface area (Å²) in [5.41, 5.74) is 0.913. The van der Waals surface area contributed by atoms with Gasteiger partial charge in [-0.3, -0.25) is 4.40 Å². The van der Waals surface area contributed by atoms with Gasteiger partial charge in [0.05, 0.1) is 12.3 Å². The fraction of sp³-hybridized carbons (Fsp3) is 0.583. The molecule has 0 aromatic carbocycles. The molecule has 2 aromatic heterocycles. The van der Waals surface area contributed by atoms with Crippen molar-refractivity contribution in [1.82, 2.24) is 14.3 Å². The van der Waals surface area contributed by atoms with E-state index in [0.717, 1.165) is 41.1 Å². The summed E-state index contributed by atoms with van der Waals surface area (Å²) in [6.07, 6.45) is 1.97. The predicted molar refractivity (Wildman–Crippen MR) is 77.5 cm³/mol. The lowest BCUT2D eigenvalue weighted by Crippen LogP contribution is -2.25. The molecule has 0 radical (unpaired) electrons. The third-order valence-corrected chi connectivity index (χ3v) is 4.76. The summed E-state index contributed by atoms with van der Waals surface area (Å²) in [6.45, 7) is 7.64. The van der Waals surface area contributed by atoms with Crippen LogP contribution in [0.4, 0.5) is 0 Å². The highest BCUT2D eigenvalue weighted by molar-refractivity contribution is 7.99. The van der Waals surface area contributed by atoms with Crippen molar-refractivity contribution < 1.29 is 5.11 Å². The van der Waals surface area contributed by atoms with Gasteiger partial charge in [-0.05, 0) is 13.1 Å². The number of hydrogen-bond donors (Lipinski definition) is 1. The van der Waals surface area contributed by atoms with Crippen LogP contribution in [0, 0.1) is 0 Å². The number of rotatable bonds is 7. The minimum absolute atomic E-state index is 0.0471. The molecule has 0 fully saturated rings. The highest BCUT2D eigenvalue weighted by Gasteiger charge is 2.12. The Morgan fingerprint density at radius 1 is 1.44 bits per heavy atom. The van der Waals surface area contributed by atoms with Crippen molar-refractivity contribution in [3.63, 3.8) is 0 Å². The van der Waals surface area contributed by atoms with Crippen LogP contribution in [0.2, 0.25) is 0 Å². The molecule has 4 nitrogen and oxygen atoms in total. The van der Waals surface area contributed by atoms with Gasteiger partial charge < -0.3 is 10.0 Å². The van der Waals surface area contributed by atoms with Crippen molar-refractivity contribution in [3.05, 3.63) is 17.3 Å². The summed E-state index contributed by atoms with van der Waals surface area (Å²) in [7, 11) is 0. The molecule has 2 rings (SSSR count). The summed E-state index contributed by atoms with van der Waals surface area (Å²) in [4.78, 5) is 7.91. The van der Waals surface area contributed by atoms with Crippen molar-refractivity contribution in [2.24, 2.45) is 0 Å². The minimum atomic E-state index is 0.0471. The molecule has 0 amide bonds. The van der Waals surface area contributed by atoms with Crippen molar-refractivity contribution in [3.8, 4) is 0 Å². The fourth-order valence-corrected chi connectivity index (χ4v) is 3.70. The number of thiazole rings is 1. The van der Waals surface area contributed by atoms with Gasteiger partial charge in [0.2, 0.25) is 0 Å². The smallest absolute Gasteiger partial charge is 0.195 e. The Balaban J connectivity index is 2.00. The number of aliphatic hydroxyl groups excluding tert-OH is 1. The van der Waals surface area contributed by atoms with Crippen molar-refractivity contribution in [2.75, 3.05) is 25.4 Å². The quantitative estimate of drug-likeness (QED) is 0.793. The monoisotopic (exact) mass is 285 g/mol. The molecule has 0 spiro atoms. The van der Waals surface area contributed by atoms with Gasteiger partial charge in [0.25, 0.3) is 0 Å². The van der Waals surface area contributed by atoms with E-state index in [1.807, 2.05) is 16.0 Å². The van der Waals surface area contributed by atoms with Crippen LogP contribution in [0.1, 0.15) is 19.5 Å². The maximum absolute atomic E-state index is 9.44. The highest BCUT2D eigenvalue weighted by atomic mass is 32.2. The van der Waals surface area contributed by atoms with Crippen molar-refractivity contribution in [1.29, 1.82) is 0 Å². The number of imidazole rings is 1. The summed E-state index contributed by atoms with van der Waals surface area (Å²) >= 11 is 3.34. The van der Waals surface area contributed by atoms with Crippen LogP contribution in [0.15, 0.2) is 16.6 Å². The maximum atomic E-state index is 9.44. The Morgan fingerprint density at radius 3 is 2.89 bits per heavy atom. The second-order valence-electron chi connectivity index (χ2n) is 3.95. The van der Waals surface area contributed by atoms with E-state index in [4.69, 9.17) is 0 Å². The van der Waals surface area contributed by atoms with Crippen LogP contribution in [-0.2, 0) is 6.61 Å². The summed E-state index contributed by atoms with van der Waals surface area (Å²) in [5.74, 6) is 1.01. The average Bonchev–Trinajstić information content (AvgIpc) is 2.94. The van der Waals surface area contributed by atoms with E-state index in [9.17, 15) is 5.11 Å². The standard InChI is InChI=1S/C12H19N3OS2/c1-3-14(4-2)5-7-17-11-10(9-16)15-6-8-18-12(15)13-11/h6,8,16H,3-5,7,9H2,1-2H3. The lowest BCUT2D eigenvalue weighted by atomic mass is 10.5. The minimum Gasteiger partial charge on any atom is -0.390 e. The topological polar surface area (TPSA) is 40.8 Å². The first-order valence-electron chi connectivity index (χ1n) is 6.20. The molecule has 0 aliphatic rings. The van der Waals surface area contributed by atoms with Crippen LogP contribution >= 0.6 is 23.1 Å². The van der Waals surface area contributed by atoms with Crippen LogP contribution in [0.25, 0.3) is 4.96 Å². The first-order valence-corrected chi connectivity index (χ1v) is 8.07. The molecule has 0 unspecified atom stereocenters. The zero-order chi connectivity index (χ0) is 13.0. The maximum Gasteiger partial charge on any atom is 0.195 e. The predicted octanol–water partition coefficient (Wildman–Crippen LogP) is 2.32. The molecular weight excluding hydrogens is 266 g/mol. The zero-order valence-electron chi connectivity index (χ0n) is 10.8. The van der Waals surface area contributed by atoms with E-state index in [0.29, 0.717) is 0 Å². The van der Waals surface area contributed by atoms with Gasteiger partial charge >= 0.3 is 0 Å². The van der Waals surface area contributed by atoms with Crippen molar-refractivity contribution >= 4 is 28.1 Å². The normalized spacial score (nSPS) is 11.8. The van der Waals surface area contributed by atoms with Gasteiger partial charge in [-0.15, -0.1) is 23.1 Å². The molecule has 0 saturated carbocycles. The van der Waals surface area contributed by atoms with E-state index >= 15 is 0 Å². The molecule has 18 heavy (non-hydrogen) atoms. The Hall–Kier alpha value is -0.560. The molecule has 0 atom stereocenters. The van der Waals surface area contributed by atoms with Crippen LogP contribution in [-0.4, -0.2) is 44.8 Å². The zero-order valence-corrected chi connectivity index (χ0v) is 12.4. The van der Waals surface area contributed by atoms with E-state index in [-0.39, 0.29) is 6.61 Å². The van der Waals surface area contributed by atoms with Crippen LogP contribution in [0.5, 0.6) is 0 Å². The first-order chi connectivity index (χ1) is 8.80. The van der Waals surface area contributed by atoms with E-state index in [1.165, 1.54) is 0 Å². The first kappa shape index (κ1) is 13.9. The molecule has 2 aromatic rings. The largest absolute Gasteiger partial charge is 0.390 e. The Labute approximate surface area is 116 Å². The lowest BCUT2D eigenvalue weighted by molar-refractivity contribution is 0.272. The number of aliphatic hydroxyl groups is 1. The molecule has 100 valence electrons. The molecule has 1 N–H and O–H groups in total. The number of nitrogens with zero attached hydrogens (tertiary/aromatic N) is 3. The lowest BCUT2D eigenvalue weighted by Gasteiger charge is -2.16. The Morgan fingerprint density at radius 2 is 2.22 bits per heavy atom. The summed E-state index contributed by atoms with van der Waals surface area (Å²) in [5, 5.41) is 12.4. The molecule has 0 aliphatic heterocycles. The van der Waals surface area contributed by atoms with Gasteiger partial charge in [-0.2, -0.15) is 0 Å². The van der Waals surface area contributed by atoms with E-state index in [2.05, 4.69) is 23.7 Å². The van der Waals surface area contributed by atoms with Gasteiger partial charge in [0.15, 0.2) is 4.96 Å². The summed E-state index contributed by atoms with van der Waals surface area (Å²) < 4.78 is 1.98. The van der Waals surface area contributed by atoms with Gasteiger partial charge in [0, 0.05) is 23.9 Å². The number of hydrogen-bond acceptors (Lipinski definition) is 5. The SMILES string of the molecule is CCN(CC)CCSc1nc2sccn2c1CO. The molecule has 0 bridgehead atoms. The number of fused-ring (bicyclic) bond motifs is 1. The Kier molecular flexibility index (Phi) is 5.05. The van der Waals surface area contributed by atoms with Crippen LogP contribution < -0.4 is 0 Å². The molecule has 0 aliphatic carbocycles. The van der Waals surface area contributed by atoms with E-state index < -0.39 is 0 Å². The summed E-state index contributed by atoms with van der Waals surface area (Å²) in [6, 6.07) is 0. The Bertz CT molecular complexity index is 490. The fourth-order valence-electron chi connectivity index (χ4n) is 1.88. The average molecular weight is 285 g/mol. The second kappa shape index (κ2) is 6.56. The molecule has 2 heterocycles. The van der Waals surface area contributed by atoms with Crippen LogP contribution in [0.3, 0.4) is 0 Å². The number of aromatic nitrogens is 2. The van der Waals surface area contributed by atoms with Gasteiger partial charge in [-0.25, -0.2) is 4.98 Å². The second-order valence-corrected chi connectivity index (χ2v) is 5.91. The molecule has 0 saturated heterocycles. The number of thioether (sulfide) groups is 1. The third-order valence-electron chi connectivity index (χ3n) is 3.01. The highest BCUT2D eigenvalue weighted by Crippen LogP contribution is 2.25. The molecular formula is C12H19N3OS2. The van der Waals surface area contributed by atoms with Crippen molar-refractivity contribution in [2.45, 2.75) is 25.5 Å². The van der Waals surface area contributed by atoms with Gasteiger partial charge in [-0.1, -0.05) is 13.8 Å². The molecule has 6 heteroatoms. The third kappa shape index (κ3) is 2.88. The van der Waals surface area contributed by atoms with E-state index in [1.54, 1.807) is 23.1 Å². The van der Waals surface area contributed by atoms with Gasteiger partial charge in [0.1, 0.15) is 5.03 Å².